The monoisotopic (exact) mass is 198 g/mol. The molecule has 1 aliphatic rings. The van der Waals surface area contributed by atoms with Crippen LogP contribution >= 0.6 is 23.2 Å². The second-order valence-electron chi connectivity index (χ2n) is 2.55. The predicted molar refractivity (Wildman–Crippen MR) is 49.8 cm³/mol. The summed E-state index contributed by atoms with van der Waals surface area (Å²) in [5.41, 5.74) is 1.36. The number of carbonyl (C=O) groups excluding carboxylic acids is 1. The molecule has 1 aliphatic carbocycles. The number of ketones is 1. The van der Waals surface area contributed by atoms with Gasteiger partial charge in [0.05, 0.1) is 5.02 Å². The molecule has 2 rings (SSSR count). The van der Waals surface area contributed by atoms with Crippen LogP contribution in [-0.2, 0) is 0 Å². The van der Waals surface area contributed by atoms with E-state index in [4.69, 9.17) is 23.2 Å². The molecule has 3 heteroatoms. The van der Waals surface area contributed by atoms with Crippen molar-refractivity contribution >= 4 is 35.1 Å². The zero-order valence-electron chi connectivity index (χ0n) is 5.97. The highest BCUT2D eigenvalue weighted by Crippen LogP contribution is 2.30. The molecule has 60 valence electrons. The number of hydrogen-bond acceptors (Lipinski definition) is 1. The minimum Gasteiger partial charge on any atom is -0.289 e. The summed E-state index contributed by atoms with van der Waals surface area (Å²) in [5, 5.41) is 1.02. The van der Waals surface area contributed by atoms with Gasteiger partial charge in [-0.05, 0) is 24.3 Å². The first-order valence-electron chi connectivity index (χ1n) is 3.40. The Kier molecular flexibility index (Phi) is 1.71. The maximum absolute atomic E-state index is 11.2. The molecule has 0 N–H and O–H groups in total. The third-order valence-corrected chi connectivity index (χ3v) is 2.29. The van der Waals surface area contributed by atoms with Crippen molar-refractivity contribution in [3.8, 4) is 0 Å². The maximum atomic E-state index is 11.2. The van der Waals surface area contributed by atoms with Crippen molar-refractivity contribution in [3.05, 3.63) is 39.4 Å². The highest BCUT2D eigenvalue weighted by atomic mass is 35.5. The highest BCUT2D eigenvalue weighted by molar-refractivity contribution is 6.37. The summed E-state index contributed by atoms with van der Waals surface area (Å²) < 4.78 is 0. The van der Waals surface area contributed by atoms with E-state index in [1.807, 2.05) is 0 Å². The van der Waals surface area contributed by atoms with Crippen LogP contribution in [0.5, 0.6) is 0 Å². The van der Waals surface area contributed by atoms with E-state index in [-0.39, 0.29) is 5.78 Å². The lowest BCUT2D eigenvalue weighted by molar-refractivity contribution is 0.105. The van der Waals surface area contributed by atoms with Crippen LogP contribution < -0.4 is 0 Å². The summed E-state index contributed by atoms with van der Waals surface area (Å²) in [6.45, 7) is 0. The topological polar surface area (TPSA) is 17.1 Å². The number of fused-ring (bicyclic) bond motifs is 1. The lowest BCUT2D eigenvalue weighted by Crippen LogP contribution is -1.91. The number of hydrogen-bond donors (Lipinski definition) is 0. The van der Waals surface area contributed by atoms with Gasteiger partial charge in [-0.3, -0.25) is 4.79 Å². The molecular weight excluding hydrogens is 195 g/mol. The fourth-order valence-corrected chi connectivity index (χ4v) is 1.76. The van der Waals surface area contributed by atoms with Crippen LogP contribution in [0.25, 0.3) is 6.08 Å². The van der Waals surface area contributed by atoms with Crippen molar-refractivity contribution in [3.63, 3.8) is 0 Å². The Balaban J connectivity index is 2.74. The van der Waals surface area contributed by atoms with Crippen LogP contribution in [0.15, 0.2) is 18.2 Å². The Labute approximate surface area is 79.6 Å². The summed E-state index contributed by atoms with van der Waals surface area (Å²) in [6, 6.07) is 3.26. The highest BCUT2D eigenvalue weighted by Gasteiger charge is 2.16. The minimum absolute atomic E-state index is 0.0330. The zero-order valence-corrected chi connectivity index (χ0v) is 7.49. The van der Waals surface area contributed by atoms with Gasteiger partial charge in [0.1, 0.15) is 0 Å². The predicted octanol–water partition coefficient (Wildman–Crippen LogP) is 3.20. The van der Waals surface area contributed by atoms with Crippen molar-refractivity contribution in [2.45, 2.75) is 0 Å². The molecule has 0 heterocycles. The molecule has 0 spiro atoms. The SMILES string of the molecule is O=C1C=Cc2c(Cl)cc(Cl)cc21. The fourth-order valence-electron chi connectivity index (χ4n) is 1.21. The lowest BCUT2D eigenvalue weighted by atomic mass is 10.1. The maximum Gasteiger partial charge on any atom is 0.186 e. The number of benzene rings is 1. The normalized spacial score (nSPS) is 13.7. The van der Waals surface area contributed by atoms with E-state index < -0.39 is 0 Å². The standard InChI is InChI=1S/C9H4Cl2O/c10-5-3-7-6(8(11)4-5)1-2-9(7)12/h1-4H. The van der Waals surface area contributed by atoms with E-state index in [0.717, 1.165) is 5.56 Å². The second kappa shape index (κ2) is 2.61. The molecule has 0 bridgehead atoms. The van der Waals surface area contributed by atoms with Crippen LogP contribution in [0.4, 0.5) is 0 Å². The molecule has 0 saturated heterocycles. The number of allylic oxidation sites excluding steroid dienone is 1. The average molecular weight is 199 g/mol. The van der Waals surface area contributed by atoms with E-state index >= 15 is 0 Å². The molecule has 0 fully saturated rings. The van der Waals surface area contributed by atoms with Gasteiger partial charge in [-0.2, -0.15) is 0 Å². The number of rotatable bonds is 0. The first-order valence-corrected chi connectivity index (χ1v) is 4.15. The Hall–Kier alpha value is -0.790. The fraction of sp³-hybridized carbons (Fsp3) is 0. The molecule has 0 radical (unpaired) electrons. The summed E-state index contributed by atoms with van der Waals surface area (Å²) in [5.74, 6) is -0.0330. The number of carbonyl (C=O) groups is 1. The zero-order chi connectivity index (χ0) is 8.72. The third-order valence-electron chi connectivity index (χ3n) is 1.76. The van der Waals surface area contributed by atoms with Gasteiger partial charge in [0.25, 0.3) is 0 Å². The Morgan fingerprint density at radius 3 is 2.58 bits per heavy atom. The quantitative estimate of drug-likeness (QED) is 0.626. The molecule has 0 saturated carbocycles. The van der Waals surface area contributed by atoms with E-state index in [0.29, 0.717) is 15.6 Å². The lowest BCUT2D eigenvalue weighted by Gasteiger charge is -2.00. The summed E-state index contributed by atoms with van der Waals surface area (Å²) in [6.07, 6.45) is 3.20. The van der Waals surface area contributed by atoms with Crippen molar-refractivity contribution in [1.29, 1.82) is 0 Å². The van der Waals surface area contributed by atoms with Crippen molar-refractivity contribution in [1.82, 2.24) is 0 Å². The molecule has 0 unspecified atom stereocenters. The second-order valence-corrected chi connectivity index (χ2v) is 3.39. The Morgan fingerprint density at radius 2 is 1.83 bits per heavy atom. The van der Waals surface area contributed by atoms with Gasteiger partial charge >= 0.3 is 0 Å². The third kappa shape index (κ3) is 1.06. The van der Waals surface area contributed by atoms with Gasteiger partial charge in [-0.15, -0.1) is 0 Å². The largest absolute Gasteiger partial charge is 0.289 e. The molecule has 0 amide bonds. The molecule has 1 aromatic carbocycles. The van der Waals surface area contributed by atoms with Crippen LogP contribution in [0.1, 0.15) is 15.9 Å². The number of halogens is 2. The van der Waals surface area contributed by atoms with Gasteiger partial charge in [0, 0.05) is 16.1 Å². The van der Waals surface area contributed by atoms with Crippen LogP contribution in [-0.4, -0.2) is 5.78 Å². The van der Waals surface area contributed by atoms with Gasteiger partial charge in [0.15, 0.2) is 5.78 Å². The molecule has 0 atom stereocenters. The molecule has 0 aromatic heterocycles. The summed E-state index contributed by atoms with van der Waals surface area (Å²) in [4.78, 5) is 11.2. The molecule has 12 heavy (non-hydrogen) atoms. The van der Waals surface area contributed by atoms with E-state index in [1.54, 1.807) is 18.2 Å². The van der Waals surface area contributed by atoms with Gasteiger partial charge in [0.2, 0.25) is 0 Å². The van der Waals surface area contributed by atoms with Crippen LogP contribution in [0.3, 0.4) is 0 Å². The van der Waals surface area contributed by atoms with Crippen LogP contribution in [0.2, 0.25) is 10.0 Å². The average Bonchev–Trinajstić information content (AvgIpc) is 2.33. The first-order chi connectivity index (χ1) is 5.68. The summed E-state index contributed by atoms with van der Waals surface area (Å²) >= 11 is 11.6. The van der Waals surface area contributed by atoms with Gasteiger partial charge in [-0.25, -0.2) is 0 Å². The van der Waals surface area contributed by atoms with E-state index in [1.165, 1.54) is 6.08 Å². The molecular formula is C9H4Cl2O. The molecule has 1 aromatic rings. The Bertz CT molecular complexity index is 394. The van der Waals surface area contributed by atoms with Crippen molar-refractivity contribution in [2.24, 2.45) is 0 Å². The minimum atomic E-state index is -0.0330. The molecule has 1 nitrogen and oxygen atoms in total. The van der Waals surface area contributed by atoms with Gasteiger partial charge < -0.3 is 0 Å². The van der Waals surface area contributed by atoms with E-state index in [9.17, 15) is 4.79 Å². The van der Waals surface area contributed by atoms with Crippen LogP contribution in [0, 0.1) is 0 Å². The van der Waals surface area contributed by atoms with Crippen molar-refractivity contribution in [2.75, 3.05) is 0 Å². The first kappa shape index (κ1) is 7.84. The smallest absolute Gasteiger partial charge is 0.186 e. The van der Waals surface area contributed by atoms with Crippen molar-refractivity contribution < 1.29 is 4.79 Å². The summed E-state index contributed by atoms with van der Waals surface area (Å²) in [7, 11) is 0. The Morgan fingerprint density at radius 1 is 1.08 bits per heavy atom. The molecule has 0 aliphatic heterocycles. The van der Waals surface area contributed by atoms with E-state index in [2.05, 4.69) is 0 Å². The van der Waals surface area contributed by atoms with Gasteiger partial charge in [-0.1, -0.05) is 23.2 Å².